The van der Waals surface area contributed by atoms with Gasteiger partial charge in [-0.25, -0.2) is 4.98 Å². The van der Waals surface area contributed by atoms with Gasteiger partial charge in [-0.3, -0.25) is 4.79 Å². The molecule has 0 aromatic carbocycles. The zero-order chi connectivity index (χ0) is 14.5. The Balaban J connectivity index is 2.18. The van der Waals surface area contributed by atoms with Crippen LogP contribution < -0.4 is 5.32 Å². The number of hydrogen-bond acceptors (Lipinski definition) is 3. The van der Waals surface area contributed by atoms with Crippen molar-refractivity contribution in [3.63, 3.8) is 0 Å². The predicted octanol–water partition coefficient (Wildman–Crippen LogP) is 3.57. The van der Waals surface area contributed by atoms with Gasteiger partial charge >= 0.3 is 0 Å². The average molecular weight is 296 g/mol. The van der Waals surface area contributed by atoms with E-state index >= 15 is 0 Å². The van der Waals surface area contributed by atoms with Gasteiger partial charge in [0.05, 0.1) is 10.6 Å². The molecule has 1 aromatic rings. The molecular weight excluding hydrogens is 274 g/mol. The Hall–Kier alpha value is -1.29. The zero-order valence-electron chi connectivity index (χ0n) is 12.2. The molecule has 20 heavy (non-hydrogen) atoms. The van der Waals surface area contributed by atoms with Crippen molar-refractivity contribution in [2.75, 3.05) is 18.4 Å². The summed E-state index contributed by atoms with van der Waals surface area (Å²) in [5, 5.41) is 3.55. The van der Waals surface area contributed by atoms with Gasteiger partial charge in [0.15, 0.2) is 0 Å². The minimum Gasteiger partial charge on any atom is -0.370 e. The molecule has 1 aliphatic carbocycles. The third kappa shape index (κ3) is 3.63. The molecule has 0 saturated heterocycles. The summed E-state index contributed by atoms with van der Waals surface area (Å²) < 4.78 is 0. The van der Waals surface area contributed by atoms with Crippen molar-refractivity contribution in [2.45, 2.75) is 45.6 Å². The zero-order valence-corrected chi connectivity index (χ0v) is 12.9. The minimum atomic E-state index is 0.0347. The average Bonchev–Trinajstić information content (AvgIpc) is 3.26. The van der Waals surface area contributed by atoms with E-state index in [1.54, 1.807) is 12.3 Å². The first-order chi connectivity index (χ1) is 9.67. The summed E-state index contributed by atoms with van der Waals surface area (Å²) >= 11 is 6.16. The van der Waals surface area contributed by atoms with Gasteiger partial charge in [0.1, 0.15) is 5.82 Å². The second-order valence-corrected chi connectivity index (χ2v) is 5.57. The van der Waals surface area contributed by atoms with Gasteiger partial charge in [-0.1, -0.05) is 24.9 Å². The van der Waals surface area contributed by atoms with Gasteiger partial charge in [-0.2, -0.15) is 0 Å². The van der Waals surface area contributed by atoms with Crippen molar-refractivity contribution in [3.8, 4) is 0 Å². The summed E-state index contributed by atoms with van der Waals surface area (Å²) in [6.07, 6.45) is 5.89. The minimum absolute atomic E-state index is 0.0347. The molecule has 0 spiro atoms. The number of nitrogens with one attached hydrogen (secondary N) is 1. The topological polar surface area (TPSA) is 45.2 Å². The summed E-state index contributed by atoms with van der Waals surface area (Å²) in [5.41, 5.74) is 0.556. The maximum absolute atomic E-state index is 12.7. The summed E-state index contributed by atoms with van der Waals surface area (Å²) in [6, 6.07) is 2.16. The second-order valence-electron chi connectivity index (χ2n) is 5.16. The van der Waals surface area contributed by atoms with Crippen LogP contribution in [0.25, 0.3) is 0 Å². The Labute approximate surface area is 125 Å². The van der Waals surface area contributed by atoms with Gasteiger partial charge in [-0.15, -0.1) is 0 Å². The molecule has 1 amide bonds. The third-order valence-electron chi connectivity index (χ3n) is 3.44. The Morgan fingerprint density at radius 3 is 2.85 bits per heavy atom. The quantitative estimate of drug-likeness (QED) is 0.836. The first-order valence-electron chi connectivity index (χ1n) is 7.37. The maximum Gasteiger partial charge on any atom is 0.255 e. The normalized spacial score (nSPS) is 14.2. The Kier molecular flexibility index (Phi) is 5.24. The van der Waals surface area contributed by atoms with Gasteiger partial charge in [0.2, 0.25) is 0 Å². The maximum atomic E-state index is 12.7. The van der Waals surface area contributed by atoms with Gasteiger partial charge < -0.3 is 10.2 Å². The highest BCUT2D eigenvalue weighted by atomic mass is 35.5. The van der Waals surface area contributed by atoms with Crippen molar-refractivity contribution in [1.29, 1.82) is 0 Å². The fraction of sp³-hybridized carbons (Fsp3) is 0.600. The summed E-state index contributed by atoms with van der Waals surface area (Å²) in [6.45, 7) is 5.72. The number of unbranched alkanes of at least 4 members (excludes halogenated alkanes) is 1. The van der Waals surface area contributed by atoms with Crippen LogP contribution in [0.5, 0.6) is 0 Å². The molecule has 1 aromatic heterocycles. The van der Waals surface area contributed by atoms with Gasteiger partial charge in [0, 0.05) is 25.3 Å². The molecule has 0 bridgehead atoms. The van der Waals surface area contributed by atoms with E-state index in [9.17, 15) is 4.79 Å². The molecule has 1 saturated carbocycles. The molecule has 4 nitrogen and oxygen atoms in total. The highest BCUT2D eigenvalue weighted by Gasteiger charge is 2.33. The van der Waals surface area contributed by atoms with E-state index in [1.807, 2.05) is 11.8 Å². The number of halogens is 1. The van der Waals surface area contributed by atoms with E-state index in [1.165, 1.54) is 0 Å². The van der Waals surface area contributed by atoms with E-state index < -0.39 is 0 Å². The molecule has 1 aliphatic rings. The summed E-state index contributed by atoms with van der Waals surface area (Å²) in [5.74, 6) is 0.735. The number of nitrogens with zero attached hydrogens (tertiary/aromatic N) is 2. The van der Waals surface area contributed by atoms with E-state index in [-0.39, 0.29) is 5.91 Å². The van der Waals surface area contributed by atoms with E-state index in [4.69, 9.17) is 11.6 Å². The van der Waals surface area contributed by atoms with Crippen LogP contribution in [0.3, 0.4) is 0 Å². The lowest BCUT2D eigenvalue weighted by molar-refractivity contribution is 0.0741. The number of carbonyl (C=O) groups excluding carboxylic acids is 1. The first-order valence-corrected chi connectivity index (χ1v) is 7.75. The van der Waals surface area contributed by atoms with Crippen LogP contribution in [0.1, 0.15) is 49.9 Å². The summed E-state index contributed by atoms with van der Waals surface area (Å²) in [4.78, 5) is 18.8. The van der Waals surface area contributed by atoms with Crippen LogP contribution in [0.15, 0.2) is 12.3 Å². The van der Waals surface area contributed by atoms with Crippen LogP contribution in [-0.4, -0.2) is 34.9 Å². The lowest BCUT2D eigenvalue weighted by Gasteiger charge is -2.23. The molecule has 0 radical (unpaired) electrons. The van der Waals surface area contributed by atoms with Crippen molar-refractivity contribution in [1.82, 2.24) is 9.88 Å². The number of anilines is 1. The van der Waals surface area contributed by atoms with Crippen LogP contribution in [0, 0.1) is 0 Å². The molecular formula is C15H22ClN3O. The third-order valence-corrected chi connectivity index (χ3v) is 3.75. The molecule has 0 atom stereocenters. The van der Waals surface area contributed by atoms with E-state index in [0.29, 0.717) is 22.4 Å². The van der Waals surface area contributed by atoms with E-state index in [0.717, 1.165) is 38.8 Å². The van der Waals surface area contributed by atoms with Crippen molar-refractivity contribution in [2.24, 2.45) is 0 Å². The number of amides is 1. The number of pyridine rings is 1. The monoisotopic (exact) mass is 295 g/mol. The first kappa shape index (κ1) is 15.1. The van der Waals surface area contributed by atoms with Gasteiger partial charge in [0.25, 0.3) is 5.91 Å². The largest absolute Gasteiger partial charge is 0.370 e. The molecule has 0 aliphatic heterocycles. The molecule has 110 valence electrons. The molecule has 0 unspecified atom stereocenters. The van der Waals surface area contributed by atoms with Crippen molar-refractivity contribution < 1.29 is 4.79 Å². The van der Waals surface area contributed by atoms with Crippen molar-refractivity contribution >= 4 is 23.3 Å². The number of hydrogen-bond donors (Lipinski definition) is 1. The smallest absolute Gasteiger partial charge is 0.255 e. The van der Waals surface area contributed by atoms with Crippen LogP contribution in [-0.2, 0) is 0 Å². The van der Waals surface area contributed by atoms with Crippen LogP contribution in [0.4, 0.5) is 5.82 Å². The number of carbonyl (C=O) groups is 1. The molecule has 5 heteroatoms. The standard InChI is InChI=1S/C15H22ClN3O/c1-3-5-8-19(11-6-7-11)15(20)12-9-14(17-4-2)18-10-13(12)16/h9-11H,3-8H2,1-2H3,(H,17,18). The van der Waals surface area contributed by atoms with Gasteiger partial charge in [-0.05, 0) is 32.3 Å². The number of aromatic nitrogens is 1. The predicted molar refractivity (Wildman–Crippen MR) is 82.4 cm³/mol. The second kappa shape index (κ2) is 6.93. The van der Waals surface area contributed by atoms with Crippen LogP contribution in [0.2, 0.25) is 5.02 Å². The highest BCUT2D eigenvalue weighted by Crippen LogP contribution is 2.30. The molecule has 1 N–H and O–H groups in total. The highest BCUT2D eigenvalue weighted by molar-refractivity contribution is 6.33. The molecule has 1 fully saturated rings. The fourth-order valence-corrected chi connectivity index (χ4v) is 2.38. The molecule has 1 heterocycles. The van der Waals surface area contributed by atoms with E-state index in [2.05, 4.69) is 17.2 Å². The fourth-order valence-electron chi connectivity index (χ4n) is 2.20. The Morgan fingerprint density at radius 2 is 2.25 bits per heavy atom. The SMILES string of the molecule is CCCCN(C(=O)c1cc(NCC)ncc1Cl)C1CC1. The lowest BCUT2D eigenvalue weighted by atomic mass is 10.2. The van der Waals surface area contributed by atoms with Crippen molar-refractivity contribution in [3.05, 3.63) is 22.8 Å². The van der Waals surface area contributed by atoms with Crippen LogP contribution >= 0.6 is 11.6 Å². The molecule has 2 rings (SSSR count). The Morgan fingerprint density at radius 1 is 1.50 bits per heavy atom. The Bertz CT molecular complexity index is 474. The number of rotatable bonds is 7. The summed E-state index contributed by atoms with van der Waals surface area (Å²) in [7, 11) is 0. The lowest BCUT2D eigenvalue weighted by Crippen LogP contribution is -2.34.